The van der Waals surface area contributed by atoms with Gasteiger partial charge in [0.05, 0.1) is 0 Å². The molecular formula is C12H19N3O. The Balaban J connectivity index is 2.11. The summed E-state index contributed by atoms with van der Waals surface area (Å²) in [5, 5.41) is 2.95. The highest BCUT2D eigenvalue weighted by Gasteiger charge is 2.28. The van der Waals surface area contributed by atoms with Gasteiger partial charge in [0, 0.05) is 24.3 Å². The number of nitrogens with two attached hydrogens (primary N) is 1. The van der Waals surface area contributed by atoms with Crippen molar-refractivity contribution in [2.75, 3.05) is 6.54 Å². The van der Waals surface area contributed by atoms with Crippen LogP contribution in [0.5, 0.6) is 0 Å². The van der Waals surface area contributed by atoms with Crippen molar-refractivity contribution >= 4 is 5.91 Å². The van der Waals surface area contributed by atoms with Gasteiger partial charge in [0.25, 0.3) is 5.91 Å². The normalized spacial score (nSPS) is 16.2. The van der Waals surface area contributed by atoms with E-state index in [4.69, 9.17) is 5.73 Å². The fraction of sp³-hybridized carbons (Fsp3) is 0.583. The summed E-state index contributed by atoms with van der Waals surface area (Å²) in [5.41, 5.74) is 5.99. The molecule has 0 bridgehead atoms. The minimum absolute atomic E-state index is 0.0349. The van der Waals surface area contributed by atoms with E-state index < -0.39 is 0 Å². The Hall–Kier alpha value is -1.29. The highest BCUT2D eigenvalue weighted by atomic mass is 16.2. The minimum atomic E-state index is -0.351. The van der Waals surface area contributed by atoms with Crippen molar-refractivity contribution in [1.29, 1.82) is 0 Å². The fourth-order valence-corrected chi connectivity index (χ4v) is 1.68. The van der Waals surface area contributed by atoms with E-state index in [9.17, 15) is 4.79 Å². The first-order valence-corrected chi connectivity index (χ1v) is 5.73. The average Bonchev–Trinajstić information content (AvgIpc) is 2.95. The summed E-state index contributed by atoms with van der Waals surface area (Å²) in [6.07, 6.45) is 4.33. The van der Waals surface area contributed by atoms with Gasteiger partial charge < -0.3 is 15.6 Å². The Morgan fingerprint density at radius 3 is 2.88 bits per heavy atom. The lowest BCUT2D eigenvalue weighted by Gasteiger charge is -2.24. The fourth-order valence-electron chi connectivity index (χ4n) is 1.68. The molecule has 2 rings (SSSR count). The van der Waals surface area contributed by atoms with Crippen molar-refractivity contribution in [1.82, 2.24) is 9.88 Å². The third kappa shape index (κ3) is 2.27. The Kier molecular flexibility index (Phi) is 2.76. The van der Waals surface area contributed by atoms with Crippen molar-refractivity contribution in [2.24, 2.45) is 5.73 Å². The van der Waals surface area contributed by atoms with Crippen LogP contribution in [-0.2, 0) is 0 Å². The number of carbonyl (C=O) groups excluding carboxylic acids is 1. The topological polar surface area (TPSA) is 60.0 Å². The Bertz CT molecular complexity index is 391. The second-order valence-corrected chi connectivity index (χ2v) is 5.07. The van der Waals surface area contributed by atoms with Crippen molar-refractivity contribution < 1.29 is 4.79 Å². The number of hydrogen-bond acceptors (Lipinski definition) is 2. The highest BCUT2D eigenvalue weighted by Crippen LogP contribution is 2.36. The van der Waals surface area contributed by atoms with E-state index in [0.717, 1.165) is 5.69 Å². The Labute approximate surface area is 95.8 Å². The molecule has 1 aliphatic carbocycles. The summed E-state index contributed by atoms with van der Waals surface area (Å²) in [7, 11) is 0. The number of aromatic nitrogens is 1. The predicted octanol–water partition coefficient (Wildman–Crippen LogP) is 1.29. The smallest absolute Gasteiger partial charge is 0.268 e. The SMILES string of the molecule is CC(C)(CN)NC(=O)c1cccn1C1CC1. The molecule has 0 unspecified atom stereocenters. The van der Waals surface area contributed by atoms with Gasteiger partial charge in [-0.1, -0.05) is 0 Å². The molecular weight excluding hydrogens is 202 g/mol. The summed E-state index contributed by atoms with van der Waals surface area (Å²) < 4.78 is 2.06. The van der Waals surface area contributed by atoms with Gasteiger partial charge in [-0.25, -0.2) is 0 Å². The molecule has 0 radical (unpaired) electrons. The molecule has 1 amide bonds. The molecule has 16 heavy (non-hydrogen) atoms. The lowest BCUT2D eigenvalue weighted by molar-refractivity contribution is 0.0906. The third-order valence-corrected chi connectivity index (χ3v) is 2.91. The number of hydrogen-bond donors (Lipinski definition) is 2. The molecule has 0 saturated heterocycles. The molecule has 1 fully saturated rings. The van der Waals surface area contributed by atoms with Crippen LogP contribution in [-0.4, -0.2) is 22.6 Å². The number of rotatable bonds is 4. The van der Waals surface area contributed by atoms with Gasteiger partial charge in [-0.2, -0.15) is 0 Å². The molecule has 1 saturated carbocycles. The van der Waals surface area contributed by atoms with Gasteiger partial charge in [0.2, 0.25) is 0 Å². The van der Waals surface area contributed by atoms with Crippen LogP contribution < -0.4 is 11.1 Å². The third-order valence-electron chi connectivity index (χ3n) is 2.91. The van der Waals surface area contributed by atoms with Gasteiger partial charge in [-0.3, -0.25) is 4.79 Å². The van der Waals surface area contributed by atoms with E-state index in [0.29, 0.717) is 12.6 Å². The van der Waals surface area contributed by atoms with Crippen molar-refractivity contribution in [3.05, 3.63) is 24.0 Å². The van der Waals surface area contributed by atoms with Crippen LogP contribution in [0.3, 0.4) is 0 Å². The van der Waals surface area contributed by atoms with Crippen LogP contribution in [0.25, 0.3) is 0 Å². The number of nitrogens with zero attached hydrogens (tertiary/aromatic N) is 1. The molecule has 4 heteroatoms. The van der Waals surface area contributed by atoms with Crippen LogP contribution in [0.2, 0.25) is 0 Å². The molecule has 4 nitrogen and oxygen atoms in total. The Morgan fingerprint density at radius 2 is 2.31 bits per heavy atom. The maximum atomic E-state index is 12.0. The van der Waals surface area contributed by atoms with E-state index in [1.165, 1.54) is 12.8 Å². The molecule has 3 N–H and O–H groups in total. The van der Waals surface area contributed by atoms with Crippen molar-refractivity contribution in [3.8, 4) is 0 Å². The molecule has 0 atom stereocenters. The first-order chi connectivity index (χ1) is 7.53. The quantitative estimate of drug-likeness (QED) is 0.805. The van der Waals surface area contributed by atoms with Crippen molar-refractivity contribution in [3.63, 3.8) is 0 Å². The van der Waals surface area contributed by atoms with Gasteiger partial charge >= 0.3 is 0 Å². The summed E-state index contributed by atoms with van der Waals surface area (Å²) in [5.74, 6) is -0.0349. The number of nitrogens with one attached hydrogen (secondary N) is 1. The van der Waals surface area contributed by atoms with Crippen LogP contribution in [0.4, 0.5) is 0 Å². The second kappa shape index (κ2) is 3.94. The molecule has 1 aliphatic rings. The highest BCUT2D eigenvalue weighted by molar-refractivity contribution is 5.93. The summed E-state index contributed by atoms with van der Waals surface area (Å²) in [4.78, 5) is 12.0. The molecule has 1 aromatic rings. The minimum Gasteiger partial charge on any atom is -0.345 e. The largest absolute Gasteiger partial charge is 0.345 e. The summed E-state index contributed by atoms with van der Waals surface area (Å²) >= 11 is 0. The molecule has 0 aromatic carbocycles. The van der Waals surface area contributed by atoms with Crippen LogP contribution >= 0.6 is 0 Å². The molecule has 0 aliphatic heterocycles. The van der Waals surface area contributed by atoms with Gasteiger partial charge in [-0.05, 0) is 38.8 Å². The van der Waals surface area contributed by atoms with Crippen LogP contribution in [0.1, 0.15) is 43.2 Å². The van der Waals surface area contributed by atoms with Crippen molar-refractivity contribution in [2.45, 2.75) is 38.3 Å². The lowest BCUT2D eigenvalue weighted by Crippen LogP contribution is -2.49. The molecule has 1 aromatic heterocycles. The van der Waals surface area contributed by atoms with Gasteiger partial charge in [-0.15, -0.1) is 0 Å². The van der Waals surface area contributed by atoms with E-state index in [1.54, 1.807) is 0 Å². The zero-order valence-electron chi connectivity index (χ0n) is 9.86. The van der Waals surface area contributed by atoms with Crippen LogP contribution in [0.15, 0.2) is 18.3 Å². The van der Waals surface area contributed by atoms with Crippen LogP contribution in [0, 0.1) is 0 Å². The predicted molar refractivity (Wildman–Crippen MR) is 63.3 cm³/mol. The van der Waals surface area contributed by atoms with E-state index in [2.05, 4.69) is 9.88 Å². The molecule has 1 heterocycles. The van der Waals surface area contributed by atoms with Gasteiger partial charge in [0.1, 0.15) is 5.69 Å². The number of carbonyl (C=O) groups is 1. The van der Waals surface area contributed by atoms with E-state index in [1.807, 2.05) is 32.2 Å². The first kappa shape index (κ1) is 11.2. The second-order valence-electron chi connectivity index (χ2n) is 5.07. The summed E-state index contributed by atoms with van der Waals surface area (Å²) in [6.45, 7) is 4.29. The molecule has 88 valence electrons. The summed E-state index contributed by atoms with van der Waals surface area (Å²) in [6, 6.07) is 4.31. The zero-order valence-corrected chi connectivity index (χ0v) is 9.86. The monoisotopic (exact) mass is 221 g/mol. The lowest BCUT2D eigenvalue weighted by atomic mass is 10.1. The maximum absolute atomic E-state index is 12.0. The number of amides is 1. The molecule has 0 spiro atoms. The first-order valence-electron chi connectivity index (χ1n) is 5.73. The maximum Gasteiger partial charge on any atom is 0.268 e. The van der Waals surface area contributed by atoms with E-state index >= 15 is 0 Å². The van der Waals surface area contributed by atoms with E-state index in [-0.39, 0.29) is 11.4 Å². The zero-order chi connectivity index (χ0) is 11.8. The Morgan fingerprint density at radius 1 is 1.62 bits per heavy atom. The van der Waals surface area contributed by atoms with Gasteiger partial charge in [0.15, 0.2) is 0 Å². The average molecular weight is 221 g/mol. The standard InChI is InChI=1S/C12H19N3O/c1-12(2,8-13)14-11(16)10-4-3-7-15(10)9-5-6-9/h3-4,7,9H,5-6,8,13H2,1-2H3,(H,14,16).